The van der Waals surface area contributed by atoms with Crippen molar-refractivity contribution in [1.29, 1.82) is 0 Å². The van der Waals surface area contributed by atoms with Crippen LogP contribution in [-0.2, 0) is 14.3 Å². The van der Waals surface area contributed by atoms with Gasteiger partial charge in [-0.15, -0.1) is 6.42 Å². The van der Waals surface area contributed by atoms with E-state index in [0.29, 0.717) is 0 Å². The largest absolute Gasteiger partial charge is 0.462 e. The Morgan fingerprint density at radius 2 is 2.21 bits per heavy atom. The van der Waals surface area contributed by atoms with E-state index in [2.05, 4.69) is 10.9 Å². The van der Waals surface area contributed by atoms with Gasteiger partial charge in [0.05, 0.1) is 11.5 Å². The quantitative estimate of drug-likeness (QED) is 0.582. The lowest BCUT2D eigenvalue weighted by Crippen LogP contribution is -2.34. The molecule has 1 aromatic rings. The SMILES string of the molecule is C#Cc1cn([C@H]2C[C@H](O)[C@@H](COC(=O)C(C)(C)C)O2)c(=O)[nH]c1=O. The number of aliphatic hydroxyl groups excluding tert-OH is 1. The van der Waals surface area contributed by atoms with Crippen molar-refractivity contribution >= 4 is 5.97 Å². The lowest BCUT2D eigenvalue weighted by Gasteiger charge is -2.20. The Hall–Kier alpha value is -2.37. The molecule has 0 bridgehead atoms. The van der Waals surface area contributed by atoms with E-state index in [0.717, 1.165) is 4.57 Å². The summed E-state index contributed by atoms with van der Waals surface area (Å²) < 4.78 is 11.8. The van der Waals surface area contributed by atoms with E-state index in [9.17, 15) is 19.5 Å². The Balaban J connectivity index is 2.12. The summed E-state index contributed by atoms with van der Waals surface area (Å²) in [7, 11) is 0. The number of H-pyrrole nitrogens is 1. The maximum Gasteiger partial charge on any atom is 0.330 e. The van der Waals surface area contributed by atoms with Crippen LogP contribution >= 0.6 is 0 Å². The molecule has 0 saturated carbocycles. The summed E-state index contributed by atoms with van der Waals surface area (Å²) in [6, 6.07) is 0. The van der Waals surface area contributed by atoms with Gasteiger partial charge in [-0.1, -0.05) is 5.92 Å². The molecule has 0 unspecified atom stereocenters. The van der Waals surface area contributed by atoms with Gasteiger partial charge in [-0.25, -0.2) is 4.79 Å². The third-order valence-electron chi connectivity index (χ3n) is 3.63. The summed E-state index contributed by atoms with van der Waals surface area (Å²) in [5.41, 5.74) is -2.03. The minimum Gasteiger partial charge on any atom is -0.462 e. The molecule has 130 valence electrons. The molecule has 0 radical (unpaired) electrons. The van der Waals surface area contributed by atoms with Crippen LogP contribution in [0.15, 0.2) is 15.8 Å². The van der Waals surface area contributed by atoms with Gasteiger partial charge in [-0.05, 0) is 20.8 Å². The molecule has 24 heavy (non-hydrogen) atoms. The first kappa shape index (κ1) is 18.0. The van der Waals surface area contributed by atoms with Gasteiger partial charge in [0.1, 0.15) is 24.5 Å². The van der Waals surface area contributed by atoms with E-state index in [4.69, 9.17) is 15.9 Å². The van der Waals surface area contributed by atoms with Crippen molar-refractivity contribution in [1.82, 2.24) is 9.55 Å². The number of rotatable bonds is 3. The van der Waals surface area contributed by atoms with Crippen LogP contribution in [0.25, 0.3) is 0 Å². The number of aliphatic hydroxyl groups is 1. The normalized spacial score (nSPS) is 23.7. The molecule has 1 aliphatic rings. The molecule has 2 rings (SSSR count). The van der Waals surface area contributed by atoms with Crippen molar-refractivity contribution in [2.75, 3.05) is 6.61 Å². The van der Waals surface area contributed by atoms with Crippen LogP contribution in [0, 0.1) is 17.8 Å². The molecular weight excluding hydrogens is 316 g/mol. The fourth-order valence-corrected chi connectivity index (χ4v) is 2.21. The second kappa shape index (κ2) is 6.63. The van der Waals surface area contributed by atoms with Crippen molar-refractivity contribution in [2.24, 2.45) is 5.41 Å². The number of nitrogens with one attached hydrogen (secondary N) is 1. The Kier molecular flexibility index (Phi) is 4.96. The van der Waals surface area contributed by atoms with Crippen molar-refractivity contribution in [3.05, 3.63) is 32.6 Å². The Labute approximate surface area is 138 Å². The number of nitrogens with zero attached hydrogens (tertiary/aromatic N) is 1. The number of hydrogen-bond donors (Lipinski definition) is 2. The van der Waals surface area contributed by atoms with Gasteiger partial charge in [0, 0.05) is 12.6 Å². The van der Waals surface area contributed by atoms with Crippen LogP contribution in [0.3, 0.4) is 0 Å². The highest BCUT2D eigenvalue weighted by Crippen LogP contribution is 2.28. The summed E-state index contributed by atoms with van der Waals surface area (Å²) in [6.07, 6.45) is 4.03. The summed E-state index contributed by atoms with van der Waals surface area (Å²) in [6.45, 7) is 5.01. The molecule has 2 N–H and O–H groups in total. The zero-order valence-electron chi connectivity index (χ0n) is 13.7. The van der Waals surface area contributed by atoms with Gasteiger partial charge < -0.3 is 14.6 Å². The maximum atomic E-state index is 11.9. The Morgan fingerprint density at radius 1 is 1.54 bits per heavy atom. The van der Waals surface area contributed by atoms with E-state index in [1.807, 2.05) is 0 Å². The van der Waals surface area contributed by atoms with Crippen molar-refractivity contribution in [3.63, 3.8) is 0 Å². The molecular formula is C16H20N2O6. The zero-order valence-corrected chi connectivity index (χ0v) is 13.7. The third-order valence-corrected chi connectivity index (χ3v) is 3.63. The first-order chi connectivity index (χ1) is 11.1. The summed E-state index contributed by atoms with van der Waals surface area (Å²) in [5, 5.41) is 10.1. The fourth-order valence-electron chi connectivity index (χ4n) is 2.21. The van der Waals surface area contributed by atoms with Crippen molar-refractivity contribution in [3.8, 4) is 12.3 Å². The van der Waals surface area contributed by atoms with Gasteiger partial charge in [0.2, 0.25) is 0 Å². The molecule has 0 spiro atoms. The summed E-state index contributed by atoms with van der Waals surface area (Å²) in [4.78, 5) is 37.3. The molecule has 2 heterocycles. The van der Waals surface area contributed by atoms with E-state index < -0.39 is 41.1 Å². The van der Waals surface area contributed by atoms with E-state index in [1.165, 1.54) is 6.20 Å². The number of aromatic nitrogens is 2. The molecule has 1 saturated heterocycles. The highest BCUT2D eigenvalue weighted by molar-refractivity contribution is 5.75. The minimum atomic E-state index is -0.920. The highest BCUT2D eigenvalue weighted by Gasteiger charge is 2.37. The Morgan fingerprint density at radius 3 is 2.79 bits per heavy atom. The summed E-state index contributed by atoms with van der Waals surface area (Å²) in [5.74, 6) is 1.76. The van der Waals surface area contributed by atoms with E-state index in [1.54, 1.807) is 20.8 Å². The number of carbonyl (C=O) groups is 1. The number of carbonyl (C=O) groups excluding carboxylic acids is 1. The molecule has 0 aliphatic carbocycles. The molecule has 1 aliphatic heterocycles. The summed E-state index contributed by atoms with van der Waals surface area (Å²) >= 11 is 0. The first-order valence-corrected chi connectivity index (χ1v) is 7.46. The van der Waals surface area contributed by atoms with Crippen LogP contribution in [0.1, 0.15) is 39.0 Å². The first-order valence-electron chi connectivity index (χ1n) is 7.46. The second-order valence-electron chi connectivity index (χ2n) is 6.63. The zero-order chi connectivity index (χ0) is 18.1. The lowest BCUT2D eigenvalue weighted by atomic mass is 9.97. The van der Waals surface area contributed by atoms with Gasteiger partial charge >= 0.3 is 11.7 Å². The van der Waals surface area contributed by atoms with Crippen molar-refractivity contribution < 1.29 is 19.4 Å². The molecule has 3 atom stereocenters. The van der Waals surface area contributed by atoms with E-state index >= 15 is 0 Å². The number of esters is 1. The topological polar surface area (TPSA) is 111 Å². The average Bonchev–Trinajstić information content (AvgIpc) is 2.84. The van der Waals surface area contributed by atoms with Crippen LogP contribution in [0.5, 0.6) is 0 Å². The fraction of sp³-hybridized carbons (Fsp3) is 0.562. The smallest absolute Gasteiger partial charge is 0.330 e. The van der Waals surface area contributed by atoms with E-state index in [-0.39, 0.29) is 18.6 Å². The van der Waals surface area contributed by atoms with Gasteiger partial charge in [-0.3, -0.25) is 19.1 Å². The third kappa shape index (κ3) is 3.75. The minimum absolute atomic E-state index is 0.0182. The number of ether oxygens (including phenoxy) is 2. The van der Waals surface area contributed by atoms with Gasteiger partial charge in [0.15, 0.2) is 0 Å². The molecule has 0 aromatic carbocycles. The predicted octanol–water partition coefficient (Wildman–Crippen LogP) is -0.244. The van der Waals surface area contributed by atoms with Gasteiger partial charge in [0.25, 0.3) is 5.56 Å². The van der Waals surface area contributed by atoms with Crippen LogP contribution in [0.2, 0.25) is 0 Å². The Bertz CT molecular complexity index is 779. The molecule has 8 nitrogen and oxygen atoms in total. The average molecular weight is 336 g/mol. The maximum absolute atomic E-state index is 11.9. The predicted molar refractivity (Wildman–Crippen MR) is 84.2 cm³/mol. The molecule has 1 aromatic heterocycles. The van der Waals surface area contributed by atoms with Crippen LogP contribution in [0.4, 0.5) is 0 Å². The number of aromatic amines is 1. The molecule has 8 heteroatoms. The van der Waals surface area contributed by atoms with Gasteiger partial charge in [-0.2, -0.15) is 0 Å². The molecule has 1 fully saturated rings. The highest BCUT2D eigenvalue weighted by atomic mass is 16.6. The second-order valence-corrected chi connectivity index (χ2v) is 6.63. The number of terminal acetylenes is 1. The standard InChI is InChI=1S/C16H20N2O6/c1-5-9-7-18(15(22)17-13(9)20)12-6-10(19)11(24-12)8-23-14(21)16(2,3)4/h1,7,10-12,19H,6,8H2,2-4H3,(H,17,20,22)/t10-,11+,12+/m0/s1. The van der Waals surface area contributed by atoms with Crippen molar-refractivity contribution in [2.45, 2.75) is 45.6 Å². The van der Waals surface area contributed by atoms with Crippen LogP contribution < -0.4 is 11.2 Å². The lowest BCUT2D eigenvalue weighted by molar-refractivity contribution is -0.159. The van der Waals surface area contributed by atoms with Crippen LogP contribution in [-0.4, -0.2) is 39.4 Å². The number of hydrogen-bond acceptors (Lipinski definition) is 6. The monoisotopic (exact) mass is 336 g/mol. The molecule has 0 amide bonds.